The molecule has 0 saturated carbocycles. The zero-order chi connectivity index (χ0) is 24.9. The van der Waals surface area contributed by atoms with Crippen molar-refractivity contribution in [3.63, 3.8) is 0 Å². The first-order valence-electron chi connectivity index (χ1n) is 11.6. The van der Waals surface area contributed by atoms with Crippen molar-refractivity contribution in [3.05, 3.63) is 71.8 Å². The molecule has 0 radical (unpaired) electrons. The standard InChI is InChI=1S/C28H28N2O5/c29-23-9-3-7-21-19(23)15-13-17(27(21)33)5-1-11-25(31)35-26(32)12-2-6-18-14-16-20-22(28(18)34)8-4-10-24(20)30/h3-4,7-10,13-16,33-34H,1-2,5-6,11-12,29-30H2. The van der Waals surface area contributed by atoms with E-state index in [-0.39, 0.29) is 24.3 Å². The molecule has 7 heteroatoms. The summed E-state index contributed by atoms with van der Waals surface area (Å²) in [4.78, 5) is 24.2. The predicted molar refractivity (Wildman–Crippen MR) is 137 cm³/mol. The van der Waals surface area contributed by atoms with Crippen molar-refractivity contribution >= 4 is 44.9 Å². The van der Waals surface area contributed by atoms with Gasteiger partial charge in [-0.25, -0.2) is 0 Å². The van der Waals surface area contributed by atoms with Crippen molar-refractivity contribution in [2.75, 3.05) is 11.5 Å². The largest absolute Gasteiger partial charge is 0.507 e. The van der Waals surface area contributed by atoms with Crippen LogP contribution in [0.4, 0.5) is 11.4 Å². The second-order valence-corrected chi connectivity index (χ2v) is 8.58. The van der Waals surface area contributed by atoms with Crippen LogP contribution in [0.1, 0.15) is 36.8 Å². The number of carbonyl (C=O) groups is 2. The third-order valence-corrected chi connectivity index (χ3v) is 6.18. The highest BCUT2D eigenvalue weighted by Gasteiger charge is 2.14. The minimum absolute atomic E-state index is 0.0625. The molecule has 0 heterocycles. The number of fused-ring (bicyclic) bond motifs is 2. The Bertz CT molecular complexity index is 1310. The maximum absolute atomic E-state index is 12.1. The first-order valence-corrected chi connectivity index (χ1v) is 11.6. The Morgan fingerprint density at radius 1 is 0.629 bits per heavy atom. The van der Waals surface area contributed by atoms with E-state index in [9.17, 15) is 19.8 Å². The molecule has 0 aliphatic carbocycles. The molecule has 35 heavy (non-hydrogen) atoms. The number of hydrogen-bond acceptors (Lipinski definition) is 7. The molecule has 0 aromatic heterocycles. The Balaban J connectivity index is 1.23. The second kappa shape index (κ2) is 10.3. The molecule has 0 spiro atoms. The smallest absolute Gasteiger partial charge is 0.313 e. The van der Waals surface area contributed by atoms with E-state index in [0.717, 1.165) is 10.8 Å². The lowest BCUT2D eigenvalue weighted by atomic mass is 10.0. The Labute approximate surface area is 202 Å². The van der Waals surface area contributed by atoms with Crippen LogP contribution in [0.2, 0.25) is 0 Å². The van der Waals surface area contributed by atoms with Crippen LogP contribution in [0.15, 0.2) is 60.7 Å². The van der Waals surface area contributed by atoms with E-state index >= 15 is 0 Å². The Hall–Kier alpha value is -4.26. The lowest BCUT2D eigenvalue weighted by molar-refractivity contribution is -0.159. The number of phenolic OH excluding ortho intramolecular Hbond substituents is 2. The SMILES string of the molecule is Nc1cccc2c(O)c(CCCC(=O)OC(=O)CCCc3ccc4c(N)cccc4c3O)ccc12. The fourth-order valence-electron chi connectivity index (χ4n) is 4.30. The van der Waals surface area contributed by atoms with Crippen LogP contribution < -0.4 is 11.5 Å². The second-order valence-electron chi connectivity index (χ2n) is 8.58. The highest BCUT2D eigenvalue weighted by Crippen LogP contribution is 2.33. The van der Waals surface area contributed by atoms with Gasteiger partial charge < -0.3 is 26.4 Å². The maximum atomic E-state index is 12.1. The van der Waals surface area contributed by atoms with Gasteiger partial charge in [0.05, 0.1) is 0 Å². The van der Waals surface area contributed by atoms with Crippen molar-refractivity contribution in [1.29, 1.82) is 0 Å². The summed E-state index contributed by atoms with van der Waals surface area (Å²) >= 11 is 0. The summed E-state index contributed by atoms with van der Waals surface area (Å²) in [5, 5.41) is 23.9. The minimum Gasteiger partial charge on any atom is -0.507 e. The number of aromatic hydroxyl groups is 2. The number of rotatable bonds is 8. The van der Waals surface area contributed by atoms with Gasteiger partial charge in [-0.1, -0.05) is 48.5 Å². The fraction of sp³-hybridized carbons (Fsp3) is 0.214. The zero-order valence-corrected chi connectivity index (χ0v) is 19.3. The molecule has 4 aromatic rings. The molecule has 0 amide bonds. The van der Waals surface area contributed by atoms with Crippen molar-refractivity contribution < 1.29 is 24.5 Å². The summed E-state index contributed by atoms with van der Waals surface area (Å²) in [7, 11) is 0. The van der Waals surface area contributed by atoms with E-state index in [2.05, 4.69) is 0 Å². The summed E-state index contributed by atoms with van der Waals surface area (Å²) in [5.74, 6) is -0.884. The van der Waals surface area contributed by atoms with Gasteiger partial charge in [0.2, 0.25) is 0 Å². The monoisotopic (exact) mass is 472 g/mol. The molecule has 180 valence electrons. The molecule has 0 fully saturated rings. The molecule has 4 rings (SSSR count). The average Bonchev–Trinajstić information content (AvgIpc) is 2.83. The van der Waals surface area contributed by atoms with Crippen molar-refractivity contribution in [3.8, 4) is 11.5 Å². The van der Waals surface area contributed by atoms with E-state index in [1.165, 1.54) is 0 Å². The van der Waals surface area contributed by atoms with Crippen molar-refractivity contribution in [2.45, 2.75) is 38.5 Å². The number of nitrogens with two attached hydrogens (primary N) is 2. The quantitative estimate of drug-likeness (QED) is 0.161. The average molecular weight is 473 g/mol. The van der Waals surface area contributed by atoms with Crippen LogP contribution in [0, 0.1) is 0 Å². The molecule has 6 N–H and O–H groups in total. The first kappa shape index (κ1) is 23.9. The number of benzene rings is 4. The van der Waals surface area contributed by atoms with Gasteiger partial charge in [-0.15, -0.1) is 0 Å². The molecule has 7 nitrogen and oxygen atoms in total. The molecule has 0 atom stereocenters. The van der Waals surface area contributed by atoms with Gasteiger partial charge in [0.15, 0.2) is 0 Å². The Morgan fingerprint density at radius 2 is 1.06 bits per heavy atom. The molecule has 4 aromatic carbocycles. The molecular formula is C28H28N2O5. The molecule has 0 saturated heterocycles. The summed E-state index contributed by atoms with van der Waals surface area (Å²) in [6, 6.07) is 18.0. The molecule has 0 unspecified atom stereocenters. The maximum Gasteiger partial charge on any atom is 0.313 e. The van der Waals surface area contributed by atoms with Crippen LogP contribution in [0.3, 0.4) is 0 Å². The van der Waals surface area contributed by atoms with E-state index in [1.807, 2.05) is 12.1 Å². The van der Waals surface area contributed by atoms with Gasteiger partial charge in [0, 0.05) is 45.8 Å². The third-order valence-electron chi connectivity index (χ3n) is 6.18. The van der Waals surface area contributed by atoms with Gasteiger partial charge in [0.25, 0.3) is 0 Å². The van der Waals surface area contributed by atoms with Crippen LogP contribution in [-0.2, 0) is 27.2 Å². The van der Waals surface area contributed by atoms with E-state index in [1.54, 1.807) is 48.5 Å². The summed E-state index contributed by atoms with van der Waals surface area (Å²) in [5.41, 5.74) is 14.5. The lowest BCUT2D eigenvalue weighted by Crippen LogP contribution is -2.12. The van der Waals surface area contributed by atoms with Crippen molar-refractivity contribution in [2.24, 2.45) is 0 Å². The number of ether oxygens (including phenoxy) is 1. The van der Waals surface area contributed by atoms with Gasteiger partial charge in [-0.05, 0) is 48.9 Å². The van der Waals surface area contributed by atoms with Crippen LogP contribution in [0.5, 0.6) is 11.5 Å². The van der Waals surface area contributed by atoms with Gasteiger partial charge in [-0.2, -0.15) is 0 Å². The normalized spacial score (nSPS) is 11.1. The number of carbonyl (C=O) groups excluding carboxylic acids is 2. The molecular weight excluding hydrogens is 444 g/mol. The van der Waals surface area contributed by atoms with Crippen LogP contribution >= 0.6 is 0 Å². The van der Waals surface area contributed by atoms with Gasteiger partial charge in [-0.3, -0.25) is 9.59 Å². The minimum atomic E-state index is -0.594. The highest BCUT2D eigenvalue weighted by atomic mass is 16.6. The Kier molecular flexibility index (Phi) is 7.06. The number of aryl methyl sites for hydroxylation is 2. The summed E-state index contributed by atoms with van der Waals surface area (Å²) in [6.45, 7) is 0. The van der Waals surface area contributed by atoms with E-state index in [0.29, 0.717) is 59.0 Å². The van der Waals surface area contributed by atoms with E-state index < -0.39 is 11.9 Å². The number of anilines is 2. The Morgan fingerprint density at radius 3 is 1.49 bits per heavy atom. The van der Waals surface area contributed by atoms with E-state index in [4.69, 9.17) is 16.2 Å². The molecule has 0 bridgehead atoms. The van der Waals surface area contributed by atoms with Gasteiger partial charge >= 0.3 is 11.9 Å². The highest BCUT2D eigenvalue weighted by molar-refractivity contribution is 5.98. The van der Waals surface area contributed by atoms with Gasteiger partial charge in [0.1, 0.15) is 11.5 Å². The predicted octanol–water partition coefficient (Wildman–Crippen LogP) is 4.98. The molecule has 0 aliphatic heterocycles. The lowest BCUT2D eigenvalue weighted by Gasteiger charge is -2.10. The fourth-order valence-corrected chi connectivity index (χ4v) is 4.30. The number of nitrogen functional groups attached to an aromatic ring is 2. The number of esters is 2. The third kappa shape index (κ3) is 5.30. The van der Waals surface area contributed by atoms with Crippen LogP contribution in [-0.4, -0.2) is 22.2 Å². The zero-order valence-electron chi connectivity index (χ0n) is 19.3. The topological polar surface area (TPSA) is 136 Å². The number of hydrogen-bond donors (Lipinski definition) is 4. The van der Waals surface area contributed by atoms with Crippen molar-refractivity contribution in [1.82, 2.24) is 0 Å². The first-order chi connectivity index (χ1) is 16.8. The van der Waals surface area contributed by atoms with Crippen LogP contribution in [0.25, 0.3) is 21.5 Å². The molecule has 0 aliphatic rings. The number of phenols is 2. The summed E-state index contributed by atoms with van der Waals surface area (Å²) in [6.07, 6.45) is 1.92. The summed E-state index contributed by atoms with van der Waals surface area (Å²) < 4.78 is 4.92.